The second-order valence-electron chi connectivity index (χ2n) is 4.16. The van der Waals surface area contributed by atoms with Crippen molar-refractivity contribution in [2.75, 3.05) is 12.9 Å². The Kier molecular flexibility index (Phi) is 4.03. The average molecular weight is 313 g/mol. The predicted octanol–water partition coefficient (Wildman–Crippen LogP) is 1.19. The number of hydrogen-bond donors (Lipinski definition) is 1. The van der Waals surface area contributed by atoms with Crippen LogP contribution in [0.25, 0.3) is 11.3 Å². The van der Waals surface area contributed by atoms with Gasteiger partial charge in [0.25, 0.3) is 0 Å². The predicted molar refractivity (Wildman–Crippen MR) is 70.8 cm³/mol. The van der Waals surface area contributed by atoms with Crippen LogP contribution < -0.4 is 0 Å². The normalized spacial score (nSPS) is 11.4. The van der Waals surface area contributed by atoms with E-state index in [0.717, 1.165) is 24.5 Å². The van der Waals surface area contributed by atoms with Gasteiger partial charge in [0.2, 0.25) is 0 Å². The van der Waals surface area contributed by atoms with Gasteiger partial charge in [-0.3, -0.25) is 0 Å². The number of halogens is 1. The topological polar surface area (TPSA) is 102 Å². The number of aromatic nitrogens is 3. The van der Waals surface area contributed by atoms with Crippen molar-refractivity contribution in [3.05, 3.63) is 29.7 Å². The van der Waals surface area contributed by atoms with Crippen molar-refractivity contribution in [1.82, 2.24) is 15.4 Å². The fourth-order valence-corrected chi connectivity index (χ4v) is 2.32. The summed E-state index contributed by atoms with van der Waals surface area (Å²) in [5.41, 5.74) is -0.451. The van der Waals surface area contributed by atoms with Gasteiger partial charge in [-0.1, -0.05) is 0 Å². The highest BCUT2D eigenvalue weighted by Crippen LogP contribution is 2.26. The fourth-order valence-electron chi connectivity index (χ4n) is 1.68. The van der Waals surface area contributed by atoms with Crippen LogP contribution in [0.3, 0.4) is 0 Å². The molecule has 1 aromatic heterocycles. The van der Waals surface area contributed by atoms with Crippen LogP contribution in [0, 0.1) is 5.82 Å². The number of aromatic amines is 1. The van der Waals surface area contributed by atoms with E-state index in [-0.39, 0.29) is 28.5 Å². The number of sulfone groups is 1. The molecule has 1 aromatic carbocycles. The number of carbonyl (C=O) groups excluding carboxylic acids is 1. The van der Waals surface area contributed by atoms with Crippen LogP contribution >= 0.6 is 0 Å². The Morgan fingerprint density at radius 2 is 2.10 bits per heavy atom. The van der Waals surface area contributed by atoms with E-state index in [2.05, 4.69) is 15.4 Å². The summed E-state index contributed by atoms with van der Waals surface area (Å²) in [6.45, 7) is 1.74. The number of nitrogens with one attached hydrogen (secondary N) is 1. The third-order valence-corrected chi connectivity index (χ3v) is 3.75. The molecule has 2 rings (SSSR count). The highest BCUT2D eigenvalue weighted by Gasteiger charge is 2.22. The number of nitrogens with zero attached hydrogens (tertiary/aromatic N) is 2. The van der Waals surface area contributed by atoms with E-state index < -0.39 is 21.6 Å². The van der Waals surface area contributed by atoms with E-state index in [1.54, 1.807) is 6.92 Å². The number of H-pyrrole nitrogens is 1. The van der Waals surface area contributed by atoms with Gasteiger partial charge in [0.15, 0.2) is 15.5 Å². The molecule has 2 aromatic rings. The van der Waals surface area contributed by atoms with Crippen LogP contribution in [0.4, 0.5) is 4.39 Å². The number of benzene rings is 1. The van der Waals surface area contributed by atoms with Crippen molar-refractivity contribution in [1.29, 1.82) is 0 Å². The number of carbonyl (C=O) groups is 1. The fraction of sp³-hybridized carbons (Fsp3) is 0.250. The third kappa shape index (κ3) is 3.07. The molecule has 0 fully saturated rings. The lowest BCUT2D eigenvalue weighted by Gasteiger charge is -2.05. The number of ether oxygens (including phenoxy) is 1. The Balaban J connectivity index is 2.58. The summed E-state index contributed by atoms with van der Waals surface area (Å²) in [5.74, 6) is -1.49. The maximum absolute atomic E-state index is 13.9. The molecule has 0 aliphatic rings. The Hall–Kier alpha value is -2.29. The van der Waals surface area contributed by atoms with E-state index >= 15 is 0 Å². The lowest BCUT2D eigenvalue weighted by atomic mass is 10.1. The zero-order valence-corrected chi connectivity index (χ0v) is 12.1. The summed E-state index contributed by atoms with van der Waals surface area (Å²) in [6, 6.07) is 3.23. The quantitative estimate of drug-likeness (QED) is 0.672. The molecular formula is C12H12FN3O4S. The van der Waals surface area contributed by atoms with Gasteiger partial charge in [-0.2, -0.15) is 10.3 Å². The first-order chi connectivity index (χ1) is 9.84. The van der Waals surface area contributed by atoms with Gasteiger partial charge < -0.3 is 4.74 Å². The molecule has 21 heavy (non-hydrogen) atoms. The summed E-state index contributed by atoms with van der Waals surface area (Å²) in [4.78, 5) is 11.6. The third-order valence-electron chi connectivity index (χ3n) is 2.64. The molecule has 112 valence electrons. The molecule has 0 saturated carbocycles. The molecule has 0 atom stereocenters. The largest absolute Gasteiger partial charge is 0.461 e. The number of hydrogen-bond acceptors (Lipinski definition) is 6. The molecule has 0 spiro atoms. The Morgan fingerprint density at radius 1 is 1.38 bits per heavy atom. The molecule has 0 amide bonds. The molecule has 1 N–H and O–H groups in total. The minimum atomic E-state index is -3.52. The van der Waals surface area contributed by atoms with E-state index in [4.69, 9.17) is 4.74 Å². The van der Waals surface area contributed by atoms with E-state index in [1.807, 2.05) is 0 Å². The lowest BCUT2D eigenvalue weighted by molar-refractivity contribution is 0.0520. The van der Waals surface area contributed by atoms with Crippen LogP contribution in [-0.4, -0.2) is 42.7 Å². The standard InChI is InChI=1S/C12H12FN3O4S/c1-3-20-12(17)11-10(14-16-15-11)8-6-7(21(2,18)19)4-5-9(8)13/h4-6H,3H2,1-2H3,(H,14,15,16). The molecule has 7 nitrogen and oxygen atoms in total. The van der Waals surface area contributed by atoms with Gasteiger partial charge in [-0.05, 0) is 25.1 Å². The second-order valence-corrected chi connectivity index (χ2v) is 6.17. The van der Waals surface area contributed by atoms with Gasteiger partial charge in [-0.15, -0.1) is 5.10 Å². The zero-order chi connectivity index (χ0) is 15.6. The van der Waals surface area contributed by atoms with Gasteiger partial charge in [0.1, 0.15) is 11.5 Å². The minimum absolute atomic E-state index is 0.0864. The first-order valence-corrected chi connectivity index (χ1v) is 7.81. The molecule has 0 aliphatic carbocycles. The van der Waals surface area contributed by atoms with Crippen molar-refractivity contribution < 1.29 is 22.3 Å². The van der Waals surface area contributed by atoms with E-state index in [1.165, 1.54) is 0 Å². The first kappa shape index (κ1) is 15.1. The molecule has 0 bridgehead atoms. The Bertz CT molecular complexity index is 786. The average Bonchev–Trinajstić information content (AvgIpc) is 2.87. The number of esters is 1. The number of rotatable bonds is 4. The maximum atomic E-state index is 13.9. The van der Waals surface area contributed by atoms with E-state index in [0.29, 0.717) is 0 Å². The highest BCUT2D eigenvalue weighted by molar-refractivity contribution is 7.90. The van der Waals surface area contributed by atoms with Crippen molar-refractivity contribution in [2.24, 2.45) is 0 Å². The molecule has 1 heterocycles. The summed E-state index contributed by atoms with van der Waals surface area (Å²) < 4.78 is 41.8. The molecule has 9 heteroatoms. The minimum Gasteiger partial charge on any atom is -0.461 e. The maximum Gasteiger partial charge on any atom is 0.361 e. The lowest BCUT2D eigenvalue weighted by Crippen LogP contribution is -2.07. The van der Waals surface area contributed by atoms with Crippen molar-refractivity contribution >= 4 is 15.8 Å². The second kappa shape index (κ2) is 5.60. The summed E-state index contributed by atoms with van der Waals surface area (Å²) in [5, 5.41) is 9.52. The molecule has 0 aliphatic heterocycles. The van der Waals surface area contributed by atoms with Crippen molar-refractivity contribution in [3.8, 4) is 11.3 Å². The van der Waals surface area contributed by atoms with Crippen LogP contribution in [0.15, 0.2) is 23.1 Å². The van der Waals surface area contributed by atoms with Crippen molar-refractivity contribution in [2.45, 2.75) is 11.8 Å². The van der Waals surface area contributed by atoms with Gasteiger partial charge in [-0.25, -0.2) is 17.6 Å². The molecule has 0 radical (unpaired) electrons. The van der Waals surface area contributed by atoms with Crippen LogP contribution in [-0.2, 0) is 14.6 Å². The van der Waals surface area contributed by atoms with Crippen LogP contribution in [0.5, 0.6) is 0 Å². The van der Waals surface area contributed by atoms with Gasteiger partial charge in [0.05, 0.1) is 11.5 Å². The van der Waals surface area contributed by atoms with Crippen LogP contribution in [0.2, 0.25) is 0 Å². The summed E-state index contributed by atoms with van der Waals surface area (Å²) in [7, 11) is -3.52. The van der Waals surface area contributed by atoms with E-state index in [9.17, 15) is 17.6 Å². The first-order valence-electron chi connectivity index (χ1n) is 5.92. The van der Waals surface area contributed by atoms with Gasteiger partial charge in [0, 0.05) is 11.8 Å². The monoisotopic (exact) mass is 313 g/mol. The molecule has 0 saturated heterocycles. The zero-order valence-electron chi connectivity index (χ0n) is 11.3. The Morgan fingerprint density at radius 3 is 2.71 bits per heavy atom. The summed E-state index contributed by atoms with van der Waals surface area (Å²) >= 11 is 0. The SMILES string of the molecule is CCOC(=O)c1n[nH]nc1-c1cc(S(C)(=O)=O)ccc1F. The molecular weight excluding hydrogens is 301 g/mol. The van der Waals surface area contributed by atoms with Crippen molar-refractivity contribution in [3.63, 3.8) is 0 Å². The van der Waals surface area contributed by atoms with Crippen LogP contribution in [0.1, 0.15) is 17.4 Å². The Labute approximate surface area is 120 Å². The highest BCUT2D eigenvalue weighted by atomic mass is 32.2. The summed E-state index contributed by atoms with van der Waals surface area (Å²) in [6.07, 6.45) is 0.999. The molecule has 0 unspecified atom stereocenters. The van der Waals surface area contributed by atoms with Gasteiger partial charge >= 0.3 is 5.97 Å². The smallest absolute Gasteiger partial charge is 0.361 e.